The number of hydrogen-bond donors (Lipinski definition) is 2. The summed E-state index contributed by atoms with van der Waals surface area (Å²) in [6.07, 6.45) is 2.95. The lowest BCUT2D eigenvalue weighted by Gasteiger charge is -2.07. The van der Waals surface area contributed by atoms with Gasteiger partial charge in [0, 0.05) is 12.1 Å². The van der Waals surface area contributed by atoms with Gasteiger partial charge in [-0.25, -0.2) is 15.0 Å². The standard InChI is InChI=1S/C12H11BrClN5O/c1-2-15-10-4-7(3-9(14)18-10)12(20)19-11-6-16-8(13)5-17-11/h3-6H,2H2,1H3,(H,15,18)(H,17,19,20). The second-order valence-corrected chi connectivity index (χ2v) is 4.97. The van der Waals surface area contributed by atoms with E-state index in [0.717, 1.165) is 0 Å². The number of rotatable bonds is 4. The summed E-state index contributed by atoms with van der Waals surface area (Å²) in [6, 6.07) is 3.11. The van der Waals surface area contributed by atoms with E-state index in [0.29, 0.717) is 28.3 Å². The molecule has 0 atom stereocenters. The molecule has 0 aliphatic carbocycles. The molecule has 20 heavy (non-hydrogen) atoms. The van der Waals surface area contributed by atoms with Crippen molar-refractivity contribution in [2.24, 2.45) is 0 Å². The first-order chi connectivity index (χ1) is 9.58. The lowest BCUT2D eigenvalue weighted by Crippen LogP contribution is -2.14. The number of nitrogens with one attached hydrogen (secondary N) is 2. The van der Waals surface area contributed by atoms with Crippen molar-refractivity contribution in [2.75, 3.05) is 17.2 Å². The van der Waals surface area contributed by atoms with E-state index in [1.54, 1.807) is 6.07 Å². The van der Waals surface area contributed by atoms with E-state index in [9.17, 15) is 4.79 Å². The second-order valence-electron chi connectivity index (χ2n) is 3.77. The van der Waals surface area contributed by atoms with Crippen molar-refractivity contribution in [3.05, 3.63) is 39.8 Å². The minimum Gasteiger partial charge on any atom is -0.370 e. The van der Waals surface area contributed by atoms with Gasteiger partial charge in [0.2, 0.25) is 0 Å². The number of hydrogen-bond acceptors (Lipinski definition) is 5. The Bertz CT molecular complexity index is 620. The maximum Gasteiger partial charge on any atom is 0.257 e. The lowest BCUT2D eigenvalue weighted by molar-refractivity contribution is 0.102. The van der Waals surface area contributed by atoms with Crippen LogP contribution in [0, 0.1) is 0 Å². The van der Waals surface area contributed by atoms with Crippen molar-refractivity contribution in [3.63, 3.8) is 0 Å². The predicted molar refractivity (Wildman–Crippen MR) is 81.1 cm³/mol. The molecule has 104 valence electrons. The van der Waals surface area contributed by atoms with E-state index < -0.39 is 0 Å². The number of aromatic nitrogens is 3. The van der Waals surface area contributed by atoms with Gasteiger partial charge in [0.05, 0.1) is 12.4 Å². The Morgan fingerprint density at radius 3 is 2.75 bits per heavy atom. The molecule has 0 spiro atoms. The van der Waals surface area contributed by atoms with Gasteiger partial charge in [0.25, 0.3) is 5.91 Å². The molecule has 0 radical (unpaired) electrons. The molecule has 2 N–H and O–H groups in total. The first kappa shape index (κ1) is 14.7. The fourth-order valence-corrected chi connectivity index (χ4v) is 1.88. The van der Waals surface area contributed by atoms with Crippen molar-refractivity contribution >= 4 is 45.1 Å². The molecule has 0 unspecified atom stereocenters. The van der Waals surface area contributed by atoms with Crippen LogP contribution in [0.5, 0.6) is 0 Å². The van der Waals surface area contributed by atoms with Crippen LogP contribution in [0.2, 0.25) is 5.15 Å². The van der Waals surface area contributed by atoms with E-state index >= 15 is 0 Å². The van der Waals surface area contributed by atoms with Crippen molar-refractivity contribution in [3.8, 4) is 0 Å². The highest BCUT2D eigenvalue weighted by molar-refractivity contribution is 9.10. The molecule has 1 amide bonds. The number of carbonyl (C=O) groups is 1. The third-order valence-electron chi connectivity index (χ3n) is 2.28. The highest BCUT2D eigenvalue weighted by Crippen LogP contribution is 2.16. The van der Waals surface area contributed by atoms with Gasteiger partial charge in [-0.15, -0.1) is 0 Å². The maximum absolute atomic E-state index is 12.1. The molecule has 0 fully saturated rings. The number of halogens is 2. The monoisotopic (exact) mass is 355 g/mol. The Labute approximate surface area is 129 Å². The van der Waals surface area contributed by atoms with E-state index in [2.05, 4.69) is 41.5 Å². The third kappa shape index (κ3) is 3.88. The summed E-state index contributed by atoms with van der Waals surface area (Å²) in [6.45, 7) is 2.62. The first-order valence-electron chi connectivity index (χ1n) is 5.79. The Morgan fingerprint density at radius 1 is 1.30 bits per heavy atom. The van der Waals surface area contributed by atoms with Crippen LogP contribution in [-0.4, -0.2) is 27.4 Å². The van der Waals surface area contributed by atoms with Gasteiger partial charge in [-0.05, 0) is 35.0 Å². The summed E-state index contributed by atoms with van der Waals surface area (Å²) in [4.78, 5) is 24.2. The summed E-state index contributed by atoms with van der Waals surface area (Å²) in [5.74, 6) is 0.577. The number of pyridine rings is 1. The number of amides is 1. The van der Waals surface area contributed by atoms with Crippen molar-refractivity contribution in [2.45, 2.75) is 6.92 Å². The van der Waals surface area contributed by atoms with Crippen LogP contribution in [0.1, 0.15) is 17.3 Å². The zero-order valence-corrected chi connectivity index (χ0v) is 12.9. The van der Waals surface area contributed by atoms with Gasteiger partial charge in [-0.2, -0.15) is 0 Å². The Hall–Kier alpha value is -1.73. The van der Waals surface area contributed by atoms with E-state index in [1.807, 2.05) is 6.92 Å². The van der Waals surface area contributed by atoms with E-state index in [4.69, 9.17) is 11.6 Å². The molecule has 0 saturated carbocycles. The molecule has 0 aromatic carbocycles. The van der Waals surface area contributed by atoms with Crippen LogP contribution < -0.4 is 10.6 Å². The number of anilines is 2. The van der Waals surface area contributed by atoms with E-state index in [1.165, 1.54) is 18.5 Å². The molecular weight excluding hydrogens is 346 g/mol. The molecule has 8 heteroatoms. The highest BCUT2D eigenvalue weighted by Gasteiger charge is 2.10. The first-order valence-corrected chi connectivity index (χ1v) is 6.96. The van der Waals surface area contributed by atoms with Gasteiger partial charge in [-0.3, -0.25) is 4.79 Å². The minimum absolute atomic E-state index is 0.246. The topological polar surface area (TPSA) is 79.8 Å². The normalized spacial score (nSPS) is 10.2. The van der Waals surface area contributed by atoms with E-state index in [-0.39, 0.29) is 11.1 Å². The molecule has 6 nitrogen and oxygen atoms in total. The highest BCUT2D eigenvalue weighted by atomic mass is 79.9. The molecule has 2 heterocycles. The van der Waals surface area contributed by atoms with Crippen LogP contribution in [-0.2, 0) is 0 Å². The zero-order chi connectivity index (χ0) is 14.5. The van der Waals surface area contributed by atoms with Crippen LogP contribution in [0.15, 0.2) is 29.1 Å². The van der Waals surface area contributed by atoms with Crippen molar-refractivity contribution < 1.29 is 4.79 Å². The molecule has 2 rings (SSSR count). The van der Waals surface area contributed by atoms with Crippen LogP contribution >= 0.6 is 27.5 Å². The zero-order valence-electron chi connectivity index (χ0n) is 10.5. The predicted octanol–water partition coefficient (Wildman–Crippen LogP) is 2.97. The fraction of sp³-hybridized carbons (Fsp3) is 0.167. The Balaban J connectivity index is 2.18. The quantitative estimate of drug-likeness (QED) is 0.823. The van der Waals surface area contributed by atoms with Gasteiger partial charge in [0.15, 0.2) is 5.82 Å². The summed E-state index contributed by atoms with van der Waals surface area (Å²) in [5.41, 5.74) is 0.394. The summed E-state index contributed by atoms with van der Waals surface area (Å²) in [5, 5.41) is 5.89. The molecule has 2 aromatic heterocycles. The van der Waals surface area contributed by atoms with Gasteiger partial charge < -0.3 is 10.6 Å². The maximum atomic E-state index is 12.1. The minimum atomic E-state index is -0.329. The summed E-state index contributed by atoms with van der Waals surface area (Å²) < 4.78 is 0.594. The third-order valence-corrected chi connectivity index (χ3v) is 2.88. The van der Waals surface area contributed by atoms with Crippen LogP contribution in [0.3, 0.4) is 0 Å². The van der Waals surface area contributed by atoms with Crippen LogP contribution in [0.4, 0.5) is 11.6 Å². The largest absolute Gasteiger partial charge is 0.370 e. The van der Waals surface area contributed by atoms with Crippen LogP contribution in [0.25, 0.3) is 0 Å². The summed E-state index contributed by atoms with van der Waals surface area (Å²) >= 11 is 9.06. The molecule has 0 bridgehead atoms. The van der Waals surface area contributed by atoms with Gasteiger partial charge in [-0.1, -0.05) is 11.6 Å². The van der Waals surface area contributed by atoms with Crippen molar-refractivity contribution in [1.82, 2.24) is 15.0 Å². The summed E-state index contributed by atoms with van der Waals surface area (Å²) in [7, 11) is 0. The second kappa shape index (κ2) is 6.62. The van der Waals surface area contributed by atoms with Gasteiger partial charge >= 0.3 is 0 Å². The molecule has 0 saturated heterocycles. The molecule has 0 aliphatic heterocycles. The SMILES string of the molecule is CCNc1cc(C(=O)Nc2cnc(Br)cn2)cc(Cl)n1. The number of carbonyl (C=O) groups excluding carboxylic acids is 1. The lowest BCUT2D eigenvalue weighted by atomic mass is 10.2. The fourth-order valence-electron chi connectivity index (χ4n) is 1.46. The number of nitrogens with zero attached hydrogens (tertiary/aromatic N) is 3. The average Bonchev–Trinajstić information content (AvgIpc) is 2.41. The van der Waals surface area contributed by atoms with Gasteiger partial charge in [0.1, 0.15) is 15.6 Å². The smallest absolute Gasteiger partial charge is 0.257 e. The average molecular weight is 357 g/mol. The Morgan fingerprint density at radius 2 is 2.10 bits per heavy atom. The molecular formula is C12H11BrClN5O. The van der Waals surface area contributed by atoms with Crippen molar-refractivity contribution in [1.29, 1.82) is 0 Å². The molecule has 2 aromatic rings. The molecule has 0 aliphatic rings. The Kier molecular flexibility index (Phi) is 4.86.